The van der Waals surface area contributed by atoms with Gasteiger partial charge in [-0.25, -0.2) is 13.6 Å². The smallest absolute Gasteiger partial charge is 0.394 e. The second-order valence-electron chi connectivity index (χ2n) is 6.90. The molecule has 1 aliphatic heterocycles. The number of benzene rings is 1. The fourth-order valence-electron chi connectivity index (χ4n) is 3.26. The minimum Gasteiger partial charge on any atom is -0.394 e. The lowest BCUT2D eigenvalue weighted by Gasteiger charge is -2.21. The van der Waals surface area contributed by atoms with Gasteiger partial charge in [-0.2, -0.15) is 13.2 Å². The number of aliphatic hydroxyl groups is 3. The maximum Gasteiger partial charge on any atom is 0.423 e. The maximum atomic E-state index is 13.8. The second-order valence-corrected chi connectivity index (χ2v) is 6.90. The van der Waals surface area contributed by atoms with Crippen molar-refractivity contribution in [1.82, 2.24) is 9.13 Å². The van der Waals surface area contributed by atoms with E-state index >= 15 is 0 Å². The molecule has 2 heterocycles. The molecule has 0 bridgehead atoms. The molecule has 0 saturated carbocycles. The number of halogens is 5. The van der Waals surface area contributed by atoms with Crippen molar-refractivity contribution in [2.24, 2.45) is 0 Å². The fraction of sp³-hybridized carbons (Fsp3) is 0.444. The van der Waals surface area contributed by atoms with Gasteiger partial charge >= 0.3 is 11.9 Å². The van der Waals surface area contributed by atoms with Gasteiger partial charge in [0.15, 0.2) is 6.23 Å². The number of nitrogens with zero attached hydrogens (tertiary/aromatic N) is 2. The molecule has 1 fully saturated rings. The Morgan fingerprint density at radius 1 is 1.10 bits per heavy atom. The number of hydrogen-bond acceptors (Lipinski definition) is 6. The van der Waals surface area contributed by atoms with Crippen LogP contribution in [-0.4, -0.2) is 49.4 Å². The average molecular weight is 452 g/mol. The van der Waals surface area contributed by atoms with Gasteiger partial charge in [-0.05, 0) is 18.1 Å². The Kier molecular flexibility index (Phi) is 6.32. The van der Waals surface area contributed by atoms with Crippen LogP contribution in [0.3, 0.4) is 0 Å². The van der Waals surface area contributed by atoms with E-state index in [0.717, 1.165) is 12.1 Å². The first-order chi connectivity index (χ1) is 14.5. The molecular formula is C18H17F5N2O6. The van der Waals surface area contributed by atoms with E-state index in [1.807, 2.05) is 0 Å². The van der Waals surface area contributed by atoms with Crippen LogP contribution in [0.4, 0.5) is 22.0 Å². The third-order valence-corrected chi connectivity index (χ3v) is 4.91. The van der Waals surface area contributed by atoms with Crippen LogP contribution in [0.2, 0.25) is 0 Å². The number of aryl methyl sites for hydroxylation is 1. The van der Waals surface area contributed by atoms with Crippen molar-refractivity contribution in [3.63, 3.8) is 0 Å². The zero-order chi connectivity index (χ0) is 23.1. The van der Waals surface area contributed by atoms with E-state index in [9.17, 15) is 41.8 Å². The zero-order valence-electron chi connectivity index (χ0n) is 15.6. The van der Waals surface area contributed by atoms with E-state index in [-0.39, 0.29) is 20.9 Å². The molecule has 1 saturated heterocycles. The van der Waals surface area contributed by atoms with Crippen LogP contribution in [0.5, 0.6) is 0 Å². The highest BCUT2D eigenvalue weighted by Crippen LogP contribution is 2.30. The van der Waals surface area contributed by atoms with Crippen LogP contribution < -0.4 is 11.2 Å². The summed E-state index contributed by atoms with van der Waals surface area (Å²) in [7, 11) is 0. The topological polar surface area (TPSA) is 114 Å². The zero-order valence-corrected chi connectivity index (χ0v) is 15.6. The number of aliphatic hydroxyl groups excluding tert-OH is 3. The molecule has 3 rings (SSSR count). The predicted molar refractivity (Wildman–Crippen MR) is 93.0 cm³/mol. The monoisotopic (exact) mass is 452 g/mol. The molecule has 0 amide bonds. The molecule has 170 valence electrons. The van der Waals surface area contributed by atoms with Crippen molar-refractivity contribution in [3.8, 4) is 0 Å². The van der Waals surface area contributed by atoms with Gasteiger partial charge < -0.3 is 20.1 Å². The van der Waals surface area contributed by atoms with E-state index < -0.39 is 78.7 Å². The summed E-state index contributed by atoms with van der Waals surface area (Å²) in [5.41, 5.74) is -4.94. The summed E-state index contributed by atoms with van der Waals surface area (Å²) in [5, 5.41) is 29.0. The van der Waals surface area contributed by atoms with E-state index in [0.29, 0.717) is 6.07 Å². The minimum absolute atomic E-state index is 0.149. The first kappa shape index (κ1) is 23.1. The lowest BCUT2D eigenvalue weighted by atomic mass is 10.1. The van der Waals surface area contributed by atoms with E-state index in [1.54, 1.807) is 0 Å². The Bertz CT molecular complexity index is 1080. The highest BCUT2D eigenvalue weighted by atomic mass is 19.4. The average Bonchev–Trinajstić information content (AvgIpc) is 2.96. The molecule has 1 aromatic heterocycles. The van der Waals surface area contributed by atoms with Crippen molar-refractivity contribution in [3.05, 3.63) is 68.0 Å². The van der Waals surface area contributed by atoms with Gasteiger partial charge in [0, 0.05) is 18.8 Å². The van der Waals surface area contributed by atoms with Gasteiger partial charge in [-0.3, -0.25) is 13.9 Å². The van der Waals surface area contributed by atoms with E-state index in [1.165, 1.54) is 0 Å². The summed E-state index contributed by atoms with van der Waals surface area (Å²) in [4.78, 5) is 25.0. The SMILES string of the molecule is O=c1c(C(F)(F)F)cn([C@@H]2O[C@H](CO)[C@H](O)C2O)c(=O)n1CCc1ccc(F)cc1F. The van der Waals surface area contributed by atoms with E-state index in [4.69, 9.17) is 9.84 Å². The highest BCUT2D eigenvalue weighted by molar-refractivity contribution is 5.19. The summed E-state index contributed by atoms with van der Waals surface area (Å²) >= 11 is 0. The number of hydrogen-bond donors (Lipinski definition) is 3. The molecule has 0 radical (unpaired) electrons. The normalized spacial score (nSPS) is 24.0. The predicted octanol–water partition coefficient (Wildman–Crippen LogP) is 0.161. The van der Waals surface area contributed by atoms with Gasteiger partial charge in [0.25, 0.3) is 5.56 Å². The van der Waals surface area contributed by atoms with Gasteiger partial charge in [-0.1, -0.05) is 6.07 Å². The van der Waals surface area contributed by atoms with Crippen molar-refractivity contribution in [2.75, 3.05) is 6.61 Å². The standard InChI is InChI=1S/C18H17F5N2O6/c19-9-2-1-8(11(20)5-9)3-4-24-15(29)10(18(21,22)23)6-25(17(24)30)16-14(28)13(27)12(7-26)31-16/h1-2,5-6,12-14,16,26-28H,3-4,7H2/t12-,13+,14?,16-/m1/s1. The molecule has 13 heteroatoms. The number of rotatable bonds is 5. The molecule has 3 N–H and O–H groups in total. The summed E-state index contributed by atoms with van der Waals surface area (Å²) in [5.74, 6) is -1.90. The van der Waals surface area contributed by atoms with Crippen molar-refractivity contribution < 1.29 is 42.0 Å². The van der Waals surface area contributed by atoms with Crippen LogP contribution in [0.15, 0.2) is 34.0 Å². The van der Waals surface area contributed by atoms with Gasteiger partial charge in [0.2, 0.25) is 0 Å². The Balaban J connectivity index is 2.07. The molecule has 0 spiro atoms. The summed E-state index contributed by atoms with van der Waals surface area (Å²) in [6, 6.07) is 2.47. The molecule has 0 aliphatic carbocycles. The number of aromatic nitrogens is 2. The van der Waals surface area contributed by atoms with Crippen molar-refractivity contribution in [2.45, 2.75) is 43.7 Å². The first-order valence-electron chi connectivity index (χ1n) is 8.95. The third-order valence-electron chi connectivity index (χ3n) is 4.91. The lowest BCUT2D eigenvalue weighted by Crippen LogP contribution is -2.46. The lowest BCUT2D eigenvalue weighted by molar-refractivity contribution is -0.140. The highest BCUT2D eigenvalue weighted by Gasteiger charge is 2.45. The van der Waals surface area contributed by atoms with Crippen LogP contribution >= 0.6 is 0 Å². The van der Waals surface area contributed by atoms with Gasteiger partial charge in [0.05, 0.1) is 6.61 Å². The Morgan fingerprint density at radius 2 is 1.77 bits per heavy atom. The van der Waals surface area contributed by atoms with Crippen LogP contribution in [-0.2, 0) is 23.9 Å². The van der Waals surface area contributed by atoms with Gasteiger partial charge in [-0.15, -0.1) is 0 Å². The summed E-state index contributed by atoms with van der Waals surface area (Å²) < 4.78 is 72.6. The molecule has 1 aromatic carbocycles. The quantitative estimate of drug-likeness (QED) is 0.558. The van der Waals surface area contributed by atoms with Crippen LogP contribution in [0.1, 0.15) is 17.4 Å². The minimum atomic E-state index is -5.19. The van der Waals surface area contributed by atoms with Crippen molar-refractivity contribution in [1.29, 1.82) is 0 Å². The molecule has 31 heavy (non-hydrogen) atoms. The largest absolute Gasteiger partial charge is 0.423 e. The Labute approximate surface area is 170 Å². The summed E-state index contributed by atoms with van der Waals surface area (Å²) in [6.45, 7) is -1.49. The molecule has 4 atom stereocenters. The van der Waals surface area contributed by atoms with Crippen LogP contribution in [0.25, 0.3) is 0 Å². The number of ether oxygens (including phenoxy) is 1. The molecule has 1 aliphatic rings. The Hall–Kier alpha value is -2.61. The van der Waals surface area contributed by atoms with E-state index in [2.05, 4.69) is 0 Å². The first-order valence-corrected chi connectivity index (χ1v) is 8.95. The molecule has 1 unspecified atom stereocenters. The molecule has 8 nitrogen and oxygen atoms in total. The maximum absolute atomic E-state index is 13.8. The van der Waals surface area contributed by atoms with Crippen molar-refractivity contribution >= 4 is 0 Å². The van der Waals surface area contributed by atoms with Crippen LogP contribution in [0, 0.1) is 11.6 Å². The Morgan fingerprint density at radius 3 is 2.32 bits per heavy atom. The third kappa shape index (κ3) is 4.39. The number of alkyl halides is 3. The molecular weight excluding hydrogens is 435 g/mol. The summed E-state index contributed by atoms with van der Waals surface area (Å²) in [6.07, 6.45) is -12.2. The molecule has 2 aromatic rings. The second kappa shape index (κ2) is 8.49. The van der Waals surface area contributed by atoms with Gasteiger partial charge in [0.1, 0.15) is 35.5 Å². The fourth-order valence-corrected chi connectivity index (χ4v) is 3.26.